The van der Waals surface area contributed by atoms with Gasteiger partial charge in [-0.1, -0.05) is 6.92 Å². The standard InChI is InChI=1S/C14H25N5/c1-3-11(2)19-14-9-13(17-10-18-14)16-8-6-12-5-4-7-15-12/h9-12,15H,3-8H2,1-2H3,(H2,16,17,18,19). The zero-order valence-electron chi connectivity index (χ0n) is 11.9. The topological polar surface area (TPSA) is 61.9 Å². The van der Waals surface area contributed by atoms with Crippen molar-refractivity contribution in [2.45, 2.75) is 51.6 Å². The lowest BCUT2D eigenvalue weighted by atomic mass is 10.1. The molecule has 106 valence electrons. The molecule has 1 saturated heterocycles. The van der Waals surface area contributed by atoms with Gasteiger partial charge in [-0.05, 0) is 39.2 Å². The molecule has 5 heteroatoms. The average Bonchev–Trinajstić information content (AvgIpc) is 2.92. The molecule has 3 N–H and O–H groups in total. The van der Waals surface area contributed by atoms with Crippen LogP contribution in [-0.2, 0) is 0 Å². The van der Waals surface area contributed by atoms with Crippen molar-refractivity contribution in [3.05, 3.63) is 12.4 Å². The first kappa shape index (κ1) is 14.1. The highest BCUT2D eigenvalue weighted by Crippen LogP contribution is 2.12. The molecule has 1 aliphatic heterocycles. The number of nitrogens with zero attached hydrogens (tertiary/aromatic N) is 2. The molecular weight excluding hydrogens is 238 g/mol. The minimum absolute atomic E-state index is 0.436. The van der Waals surface area contributed by atoms with Crippen LogP contribution < -0.4 is 16.0 Å². The van der Waals surface area contributed by atoms with E-state index in [1.54, 1.807) is 6.33 Å². The predicted molar refractivity (Wildman–Crippen MR) is 79.5 cm³/mol. The lowest BCUT2D eigenvalue weighted by molar-refractivity contribution is 0.574. The minimum atomic E-state index is 0.436. The molecule has 2 atom stereocenters. The van der Waals surface area contributed by atoms with Crippen LogP contribution in [0.25, 0.3) is 0 Å². The van der Waals surface area contributed by atoms with Crippen LogP contribution in [0.3, 0.4) is 0 Å². The third kappa shape index (κ3) is 4.67. The molecule has 0 saturated carbocycles. The van der Waals surface area contributed by atoms with E-state index in [2.05, 4.69) is 39.8 Å². The second kappa shape index (κ2) is 7.28. The van der Waals surface area contributed by atoms with Gasteiger partial charge in [0.05, 0.1) is 0 Å². The van der Waals surface area contributed by atoms with E-state index >= 15 is 0 Å². The number of aromatic nitrogens is 2. The Labute approximate surface area is 115 Å². The van der Waals surface area contributed by atoms with E-state index < -0.39 is 0 Å². The molecular formula is C14H25N5. The van der Waals surface area contributed by atoms with Gasteiger partial charge in [0.1, 0.15) is 18.0 Å². The van der Waals surface area contributed by atoms with Gasteiger partial charge in [0.15, 0.2) is 0 Å². The molecule has 0 radical (unpaired) electrons. The highest BCUT2D eigenvalue weighted by atomic mass is 15.1. The smallest absolute Gasteiger partial charge is 0.131 e. The Kier molecular flexibility index (Phi) is 5.39. The van der Waals surface area contributed by atoms with Crippen molar-refractivity contribution < 1.29 is 0 Å². The number of hydrogen-bond acceptors (Lipinski definition) is 5. The monoisotopic (exact) mass is 263 g/mol. The van der Waals surface area contributed by atoms with E-state index in [-0.39, 0.29) is 0 Å². The minimum Gasteiger partial charge on any atom is -0.370 e. The van der Waals surface area contributed by atoms with Crippen molar-refractivity contribution in [1.29, 1.82) is 0 Å². The van der Waals surface area contributed by atoms with E-state index in [1.807, 2.05) is 6.07 Å². The first-order chi connectivity index (χ1) is 9.28. The van der Waals surface area contributed by atoms with Crippen LogP contribution in [0.2, 0.25) is 0 Å². The maximum absolute atomic E-state index is 4.25. The van der Waals surface area contributed by atoms with Gasteiger partial charge in [-0.3, -0.25) is 0 Å². The quantitative estimate of drug-likeness (QED) is 0.704. The Morgan fingerprint density at radius 3 is 3.00 bits per heavy atom. The number of hydrogen-bond donors (Lipinski definition) is 3. The Hall–Kier alpha value is -1.36. The zero-order valence-corrected chi connectivity index (χ0v) is 11.9. The van der Waals surface area contributed by atoms with Crippen molar-refractivity contribution in [2.24, 2.45) is 0 Å². The second-order valence-electron chi connectivity index (χ2n) is 5.25. The van der Waals surface area contributed by atoms with Crippen molar-refractivity contribution in [3.63, 3.8) is 0 Å². The third-order valence-corrected chi connectivity index (χ3v) is 3.64. The van der Waals surface area contributed by atoms with Gasteiger partial charge < -0.3 is 16.0 Å². The summed E-state index contributed by atoms with van der Waals surface area (Å²) in [5.41, 5.74) is 0. The van der Waals surface area contributed by atoms with Crippen LogP contribution >= 0.6 is 0 Å². The Morgan fingerprint density at radius 1 is 1.42 bits per heavy atom. The molecule has 2 unspecified atom stereocenters. The van der Waals surface area contributed by atoms with E-state index in [4.69, 9.17) is 0 Å². The maximum Gasteiger partial charge on any atom is 0.131 e. The summed E-state index contributed by atoms with van der Waals surface area (Å²) in [6.07, 6.45) is 6.45. The van der Waals surface area contributed by atoms with Gasteiger partial charge in [-0.15, -0.1) is 0 Å². The fourth-order valence-electron chi connectivity index (χ4n) is 2.27. The van der Waals surface area contributed by atoms with Gasteiger partial charge in [-0.25, -0.2) is 9.97 Å². The molecule has 1 aromatic heterocycles. The van der Waals surface area contributed by atoms with Crippen molar-refractivity contribution >= 4 is 11.6 Å². The van der Waals surface area contributed by atoms with Gasteiger partial charge in [-0.2, -0.15) is 0 Å². The van der Waals surface area contributed by atoms with E-state index in [9.17, 15) is 0 Å². The number of rotatable bonds is 7. The van der Waals surface area contributed by atoms with Crippen LogP contribution in [0, 0.1) is 0 Å². The molecule has 1 aromatic rings. The van der Waals surface area contributed by atoms with Gasteiger partial charge in [0.2, 0.25) is 0 Å². The van der Waals surface area contributed by atoms with Crippen LogP contribution in [0.4, 0.5) is 11.6 Å². The average molecular weight is 263 g/mol. The predicted octanol–water partition coefficient (Wildman–Crippen LogP) is 2.24. The Balaban J connectivity index is 1.77. The molecule has 1 fully saturated rings. The molecule has 1 aliphatic rings. The van der Waals surface area contributed by atoms with Crippen LogP contribution in [-0.4, -0.2) is 35.1 Å². The molecule has 19 heavy (non-hydrogen) atoms. The van der Waals surface area contributed by atoms with Crippen molar-refractivity contribution in [2.75, 3.05) is 23.7 Å². The highest BCUT2D eigenvalue weighted by molar-refractivity contribution is 5.46. The van der Waals surface area contributed by atoms with Crippen molar-refractivity contribution in [1.82, 2.24) is 15.3 Å². The van der Waals surface area contributed by atoms with Crippen LogP contribution in [0.15, 0.2) is 12.4 Å². The summed E-state index contributed by atoms with van der Waals surface area (Å²) in [4.78, 5) is 8.49. The van der Waals surface area contributed by atoms with E-state index in [0.717, 1.165) is 31.0 Å². The van der Waals surface area contributed by atoms with Gasteiger partial charge in [0.25, 0.3) is 0 Å². The largest absolute Gasteiger partial charge is 0.370 e. The first-order valence-electron chi connectivity index (χ1n) is 7.33. The molecule has 0 aliphatic carbocycles. The number of nitrogens with one attached hydrogen (secondary N) is 3. The van der Waals surface area contributed by atoms with Gasteiger partial charge >= 0.3 is 0 Å². The lowest BCUT2D eigenvalue weighted by Crippen LogP contribution is -2.24. The third-order valence-electron chi connectivity index (χ3n) is 3.64. The fourth-order valence-corrected chi connectivity index (χ4v) is 2.27. The summed E-state index contributed by atoms with van der Waals surface area (Å²) in [6, 6.07) is 3.09. The molecule has 0 aromatic carbocycles. The van der Waals surface area contributed by atoms with Crippen LogP contribution in [0.5, 0.6) is 0 Å². The summed E-state index contributed by atoms with van der Waals surface area (Å²) in [6.45, 7) is 6.44. The van der Waals surface area contributed by atoms with Crippen molar-refractivity contribution in [3.8, 4) is 0 Å². The van der Waals surface area contributed by atoms with E-state index in [1.165, 1.54) is 19.4 Å². The number of anilines is 2. The fraction of sp³-hybridized carbons (Fsp3) is 0.714. The Morgan fingerprint density at radius 2 is 2.26 bits per heavy atom. The second-order valence-corrected chi connectivity index (χ2v) is 5.25. The normalized spacial score (nSPS) is 20.2. The summed E-state index contributed by atoms with van der Waals surface area (Å²) in [7, 11) is 0. The Bertz CT molecular complexity index is 376. The summed E-state index contributed by atoms with van der Waals surface area (Å²) in [5, 5.41) is 10.2. The summed E-state index contributed by atoms with van der Waals surface area (Å²) in [5.74, 6) is 1.80. The molecule has 0 bridgehead atoms. The summed E-state index contributed by atoms with van der Waals surface area (Å²) >= 11 is 0. The lowest BCUT2D eigenvalue weighted by Gasteiger charge is -2.14. The SMILES string of the molecule is CCC(C)Nc1cc(NCCC2CCCN2)ncn1. The molecule has 0 amide bonds. The first-order valence-corrected chi connectivity index (χ1v) is 7.33. The molecule has 5 nitrogen and oxygen atoms in total. The zero-order chi connectivity index (χ0) is 13.5. The van der Waals surface area contributed by atoms with E-state index in [0.29, 0.717) is 12.1 Å². The summed E-state index contributed by atoms with van der Waals surface area (Å²) < 4.78 is 0. The molecule has 2 heterocycles. The van der Waals surface area contributed by atoms with Gasteiger partial charge in [0, 0.05) is 24.7 Å². The molecule has 2 rings (SSSR count). The van der Waals surface area contributed by atoms with Crippen LogP contribution in [0.1, 0.15) is 39.5 Å². The highest BCUT2D eigenvalue weighted by Gasteiger charge is 2.13. The molecule has 0 spiro atoms. The maximum atomic E-state index is 4.25.